The van der Waals surface area contributed by atoms with Gasteiger partial charge < -0.3 is 15.5 Å². The van der Waals surface area contributed by atoms with E-state index in [-0.39, 0.29) is 5.54 Å². The summed E-state index contributed by atoms with van der Waals surface area (Å²) in [5, 5.41) is 6.71. The molecule has 0 amide bonds. The zero-order chi connectivity index (χ0) is 14.5. The van der Waals surface area contributed by atoms with E-state index in [9.17, 15) is 0 Å². The van der Waals surface area contributed by atoms with Gasteiger partial charge in [0.15, 0.2) is 5.96 Å². The molecule has 0 aromatic carbocycles. The van der Waals surface area contributed by atoms with Gasteiger partial charge in [0.05, 0.1) is 6.54 Å². The third-order valence-corrected chi connectivity index (χ3v) is 4.35. The highest BCUT2D eigenvalue weighted by atomic mass is 32.1. The summed E-state index contributed by atoms with van der Waals surface area (Å²) < 4.78 is 0. The van der Waals surface area contributed by atoms with Crippen LogP contribution >= 0.6 is 11.3 Å². The maximum Gasteiger partial charge on any atom is 0.191 e. The Kier molecular flexibility index (Phi) is 5.82. The highest BCUT2D eigenvalue weighted by Crippen LogP contribution is 2.14. The predicted octanol–water partition coefficient (Wildman–Crippen LogP) is 2.06. The van der Waals surface area contributed by atoms with Crippen LogP contribution in [0.25, 0.3) is 0 Å². The first-order valence-corrected chi connectivity index (χ1v) is 7.34. The third-order valence-electron chi connectivity index (χ3n) is 3.35. The molecule has 1 aromatic rings. The van der Waals surface area contributed by atoms with Gasteiger partial charge in [0, 0.05) is 28.9 Å². The van der Waals surface area contributed by atoms with Gasteiger partial charge in [-0.1, -0.05) is 0 Å². The van der Waals surface area contributed by atoms with Crippen molar-refractivity contribution in [2.45, 2.75) is 32.9 Å². The summed E-state index contributed by atoms with van der Waals surface area (Å²) in [5.74, 6) is 0.848. The van der Waals surface area contributed by atoms with Crippen molar-refractivity contribution in [2.75, 3.05) is 27.7 Å². The normalized spacial score (nSPS) is 12.9. The Morgan fingerprint density at radius 3 is 2.47 bits per heavy atom. The van der Waals surface area contributed by atoms with E-state index in [1.807, 2.05) is 11.3 Å². The smallest absolute Gasteiger partial charge is 0.191 e. The summed E-state index contributed by atoms with van der Waals surface area (Å²) in [6, 6.07) is 4.30. The Morgan fingerprint density at radius 2 is 2.00 bits per heavy atom. The molecule has 0 aliphatic heterocycles. The van der Waals surface area contributed by atoms with Gasteiger partial charge in [0.25, 0.3) is 0 Å². The van der Waals surface area contributed by atoms with Crippen LogP contribution in [-0.4, -0.2) is 44.1 Å². The number of nitrogens with zero attached hydrogens (tertiary/aromatic N) is 2. The van der Waals surface area contributed by atoms with Crippen LogP contribution < -0.4 is 10.6 Å². The number of likely N-dealkylation sites (N-methyl/N-ethyl adjacent to an activating group) is 1. The molecule has 0 saturated carbocycles. The molecule has 4 nitrogen and oxygen atoms in total. The first-order chi connectivity index (χ1) is 8.85. The Labute approximate surface area is 120 Å². The predicted molar refractivity (Wildman–Crippen MR) is 85.0 cm³/mol. The molecule has 1 rings (SSSR count). The van der Waals surface area contributed by atoms with Crippen molar-refractivity contribution >= 4 is 17.3 Å². The van der Waals surface area contributed by atoms with Crippen LogP contribution in [0.15, 0.2) is 17.1 Å². The molecule has 0 spiro atoms. The van der Waals surface area contributed by atoms with Crippen molar-refractivity contribution < 1.29 is 0 Å². The first-order valence-electron chi connectivity index (χ1n) is 6.52. The number of hydrogen-bond donors (Lipinski definition) is 2. The van der Waals surface area contributed by atoms with E-state index >= 15 is 0 Å². The van der Waals surface area contributed by atoms with Gasteiger partial charge in [0.1, 0.15) is 0 Å². The monoisotopic (exact) mass is 282 g/mol. The van der Waals surface area contributed by atoms with Crippen LogP contribution in [0.4, 0.5) is 0 Å². The molecule has 0 radical (unpaired) electrons. The SMILES string of the molecule is CN=C(NCc1ccc(C)s1)NCC(C)(C)N(C)C. The fraction of sp³-hybridized carbons (Fsp3) is 0.643. The van der Waals surface area contributed by atoms with E-state index in [0.29, 0.717) is 0 Å². The molecule has 19 heavy (non-hydrogen) atoms. The average Bonchev–Trinajstić information content (AvgIpc) is 2.75. The standard InChI is InChI=1S/C14H26N4S/c1-11-7-8-12(19-11)9-16-13(15-4)17-10-14(2,3)18(5)6/h7-8H,9-10H2,1-6H3,(H2,15,16,17). The Morgan fingerprint density at radius 1 is 1.32 bits per heavy atom. The maximum atomic E-state index is 4.25. The van der Waals surface area contributed by atoms with E-state index in [0.717, 1.165) is 19.0 Å². The molecule has 5 heteroatoms. The fourth-order valence-electron chi connectivity index (χ4n) is 1.43. The summed E-state index contributed by atoms with van der Waals surface area (Å²) >= 11 is 1.82. The molecule has 0 unspecified atom stereocenters. The third kappa shape index (κ3) is 5.20. The van der Waals surface area contributed by atoms with Crippen molar-refractivity contribution in [2.24, 2.45) is 4.99 Å². The summed E-state index contributed by atoms with van der Waals surface area (Å²) in [7, 11) is 5.98. The number of aryl methyl sites for hydroxylation is 1. The summed E-state index contributed by atoms with van der Waals surface area (Å²) in [6.07, 6.45) is 0. The molecule has 0 aliphatic rings. The first kappa shape index (κ1) is 16.0. The van der Waals surface area contributed by atoms with Crippen LogP contribution in [0.2, 0.25) is 0 Å². The quantitative estimate of drug-likeness (QED) is 0.641. The van der Waals surface area contributed by atoms with Crippen molar-refractivity contribution in [3.05, 3.63) is 21.9 Å². The number of rotatable bonds is 5. The number of aliphatic imine (C=N–C) groups is 1. The Bertz CT molecular complexity index is 421. The molecule has 0 bridgehead atoms. The highest BCUT2D eigenvalue weighted by molar-refractivity contribution is 7.11. The molecule has 1 heterocycles. The number of hydrogen-bond acceptors (Lipinski definition) is 3. The zero-order valence-corrected chi connectivity index (χ0v) is 13.7. The van der Waals surface area contributed by atoms with E-state index in [1.165, 1.54) is 9.75 Å². The Hall–Kier alpha value is -1.07. The van der Waals surface area contributed by atoms with E-state index < -0.39 is 0 Å². The van der Waals surface area contributed by atoms with E-state index in [1.54, 1.807) is 7.05 Å². The lowest BCUT2D eigenvalue weighted by atomic mass is 10.0. The summed E-state index contributed by atoms with van der Waals surface area (Å²) in [5.41, 5.74) is 0.0944. The van der Waals surface area contributed by atoms with Crippen LogP contribution in [0.5, 0.6) is 0 Å². The number of guanidine groups is 1. The molecule has 2 N–H and O–H groups in total. The van der Waals surface area contributed by atoms with Gasteiger partial charge >= 0.3 is 0 Å². The minimum absolute atomic E-state index is 0.0944. The van der Waals surface area contributed by atoms with Gasteiger partial charge in [-0.3, -0.25) is 4.99 Å². The summed E-state index contributed by atoms with van der Waals surface area (Å²) in [6.45, 7) is 8.20. The van der Waals surface area contributed by atoms with Gasteiger partial charge in [-0.25, -0.2) is 0 Å². The molecule has 1 aromatic heterocycles. The molecule has 0 fully saturated rings. The minimum Gasteiger partial charge on any atom is -0.355 e. The van der Waals surface area contributed by atoms with Crippen LogP contribution in [0.1, 0.15) is 23.6 Å². The molecule has 0 atom stereocenters. The van der Waals surface area contributed by atoms with Crippen LogP contribution in [0.3, 0.4) is 0 Å². The minimum atomic E-state index is 0.0944. The summed E-state index contributed by atoms with van der Waals surface area (Å²) in [4.78, 5) is 9.12. The lowest BCUT2D eigenvalue weighted by Gasteiger charge is -2.33. The second-order valence-electron chi connectivity index (χ2n) is 5.50. The maximum absolute atomic E-state index is 4.25. The van der Waals surface area contributed by atoms with Gasteiger partial charge in [-0.15, -0.1) is 11.3 Å². The number of thiophene rings is 1. The van der Waals surface area contributed by atoms with Crippen molar-refractivity contribution in [1.82, 2.24) is 15.5 Å². The van der Waals surface area contributed by atoms with Crippen LogP contribution in [-0.2, 0) is 6.54 Å². The molecule has 0 aliphatic carbocycles. The second kappa shape index (κ2) is 6.91. The Balaban J connectivity index is 2.43. The zero-order valence-electron chi connectivity index (χ0n) is 12.9. The lowest BCUT2D eigenvalue weighted by Crippen LogP contribution is -2.50. The van der Waals surface area contributed by atoms with E-state index in [2.05, 4.69) is 67.5 Å². The van der Waals surface area contributed by atoms with Crippen molar-refractivity contribution in [3.63, 3.8) is 0 Å². The average molecular weight is 282 g/mol. The molecule has 0 saturated heterocycles. The topological polar surface area (TPSA) is 39.7 Å². The fourth-order valence-corrected chi connectivity index (χ4v) is 2.26. The lowest BCUT2D eigenvalue weighted by molar-refractivity contribution is 0.197. The van der Waals surface area contributed by atoms with Crippen LogP contribution in [0, 0.1) is 6.92 Å². The largest absolute Gasteiger partial charge is 0.355 e. The molecule has 108 valence electrons. The second-order valence-corrected chi connectivity index (χ2v) is 6.87. The van der Waals surface area contributed by atoms with Crippen molar-refractivity contribution in [3.8, 4) is 0 Å². The van der Waals surface area contributed by atoms with Crippen molar-refractivity contribution in [1.29, 1.82) is 0 Å². The van der Waals surface area contributed by atoms with Gasteiger partial charge in [-0.05, 0) is 47.0 Å². The van der Waals surface area contributed by atoms with E-state index in [4.69, 9.17) is 0 Å². The van der Waals surface area contributed by atoms with Gasteiger partial charge in [-0.2, -0.15) is 0 Å². The van der Waals surface area contributed by atoms with Gasteiger partial charge in [0.2, 0.25) is 0 Å². The highest BCUT2D eigenvalue weighted by Gasteiger charge is 2.20. The molecular formula is C14H26N4S. The number of nitrogens with one attached hydrogen (secondary N) is 2. The molecular weight excluding hydrogens is 256 g/mol.